The maximum Gasteiger partial charge on any atom is 0.170 e. The fourth-order valence-electron chi connectivity index (χ4n) is 2.88. The molecule has 0 saturated carbocycles. The number of carbonyl (C=O) groups is 1. The Morgan fingerprint density at radius 2 is 1.83 bits per heavy atom. The topological polar surface area (TPSA) is 17.1 Å². The molecule has 0 aliphatic heterocycles. The molecule has 0 amide bonds. The standard InChI is InChI=1S/C17H16O/c1-2-12-9-6-10-14-15(12)11-16(17(14)18)13-7-4-3-5-8-13/h3-10,16H,2,11H2,1H3. The van der Waals surface area contributed by atoms with Crippen LogP contribution in [-0.4, -0.2) is 5.78 Å². The highest BCUT2D eigenvalue weighted by atomic mass is 16.1. The van der Waals surface area contributed by atoms with Crippen molar-refractivity contribution in [3.8, 4) is 0 Å². The number of fused-ring (bicyclic) bond motifs is 1. The van der Waals surface area contributed by atoms with E-state index in [4.69, 9.17) is 0 Å². The van der Waals surface area contributed by atoms with Crippen LogP contribution in [-0.2, 0) is 12.8 Å². The van der Waals surface area contributed by atoms with Crippen LogP contribution in [0.1, 0.15) is 39.9 Å². The van der Waals surface area contributed by atoms with Crippen molar-refractivity contribution in [3.63, 3.8) is 0 Å². The fraction of sp³-hybridized carbons (Fsp3) is 0.235. The van der Waals surface area contributed by atoms with Gasteiger partial charge in [0.05, 0.1) is 5.92 Å². The van der Waals surface area contributed by atoms with Crippen LogP contribution in [0.5, 0.6) is 0 Å². The molecule has 0 spiro atoms. The van der Waals surface area contributed by atoms with Crippen LogP contribution in [0.2, 0.25) is 0 Å². The van der Waals surface area contributed by atoms with Crippen molar-refractivity contribution in [2.75, 3.05) is 0 Å². The molecule has 0 bridgehead atoms. The maximum absolute atomic E-state index is 12.5. The van der Waals surface area contributed by atoms with Crippen molar-refractivity contribution in [2.45, 2.75) is 25.7 Å². The molecule has 1 unspecified atom stereocenters. The molecule has 3 rings (SSSR count). The van der Waals surface area contributed by atoms with E-state index < -0.39 is 0 Å². The lowest BCUT2D eigenvalue weighted by Gasteiger charge is -2.07. The number of rotatable bonds is 2. The summed E-state index contributed by atoms with van der Waals surface area (Å²) < 4.78 is 0. The number of benzene rings is 2. The molecule has 0 aromatic heterocycles. The van der Waals surface area contributed by atoms with Gasteiger partial charge >= 0.3 is 0 Å². The van der Waals surface area contributed by atoms with Crippen molar-refractivity contribution in [1.29, 1.82) is 0 Å². The summed E-state index contributed by atoms with van der Waals surface area (Å²) in [7, 11) is 0. The third kappa shape index (κ3) is 1.67. The minimum Gasteiger partial charge on any atom is -0.293 e. The second-order valence-electron chi connectivity index (χ2n) is 4.83. The average molecular weight is 236 g/mol. The van der Waals surface area contributed by atoms with E-state index in [1.54, 1.807) is 0 Å². The molecule has 0 N–H and O–H groups in total. The first-order chi connectivity index (χ1) is 8.81. The van der Waals surface area contributed by atoms with Crippen molar-refractivity contribution in [3.05, 3.63) is 70.8 Å². The van der Waals surface area contributed by atoms with Gasteiger partial charge in [-0.2, -0.15) is 0 Å². The number of aryl methyl sites for hydroxylation is 1. The number of ketones is 1. The minimum atomic E-state index is 0.0221. The Morgan fingerprint density at radius 1 is 1.06 bits per heavy atom. The fourth-order valence-corrected chi connectivity index (χ4v) is 2.88. The largest absolute Gasteiger partial charge is 0.293 e. The molecule has 0 saturated heterocycles. The second kappa shape index (κ2) is 4.41. The van der Waals surface area contributed by atoms with E-state index in [-0.39, 0.29) is 11.7 Å². The molecule has 1 aliphatic carbocycles. The lowest BCUT2D eigenvalue weighted by molar-refractivity contribution is 0.0973. The summed E-state index contributed by atoms with van der Waals surface area (Å²) in [6.07, 6.45) is 1.86. The summed E-state index contributed by atoms with van der Waals surface area (Å²) in [5.41, 5.74) is 4.65. The summed E-state index contributed by atoms with van der Waals surface area (Å²) in [6, 6.07) is 16.2. The van der Waals surface area contributed by atoms with Gasteiger partial charge in [-0.1, -0.05) is 55.5 Å². The SMILES string of the molecule is CCc1cccc2c1CC(c1ccccc1)C2=O. The van der Waals surface area contributed by atoms with E-state index >= 15 is 0 Å². The van der Waals surface area contributed by atoms with Crippen molar-refractivity contribution in [2.24, 2.45) is 0 Å². The van der Waals surface area contributed by atoms with Crippen LogP contribution in [0.3, 0.4) is 0 Å². The molecule has 0 radical (unpaired) electrons. The Balaban J connectivity index is 2.04. The summed E-state index contributed by atoms with van der Waals surface area (Å²) in [4.78, 5) is 12.5. The van der Waals surface area contributed by atoms with Crippen LogP contribution >= 0.6 is 0 Å². The Hall–Kier alpha value is -1.89. The highest BCUT2D eigenvalue weighted by Crippen LogP contribution is 2.35. The summed E-state index contributed by atoms with van der Waals surface area (Å²) >= 11 is 0. The smallest absolute Gasteiger partial charge is 0.170 e. The lowest BCUT2D eigenvalue weighted by Crippen LogP contribution is -2.06. The third-order valence-electron chi connectivity index (χ3n) is 3.85. The first-order valence-corrected chi connectivity index (χ1v) is 6.51. The summed E-state index contributed by atoms with van der Waals surface area (Å²) in [5, 5.41) is 0. The molecular formula is C17H16O. The van der Waals surface area contributed by atoms with Gasteiger partial charge in [-0.15, -0.1) is 0 Å². The van der Waals surface area contributed by atoms with Gasteiger partial charge in [-0.05, 0) is 29.5 Å². The average Bonchev–Trinajstić information content (AvgIpc) is 2.77. The van der Waals surface area contributed by atoms with E-state index in [0.717, 1.165) is 24.0 Å². The first kappa shape index (κ1) is 11.2. The zero-order valence-corrected chi connectivity index (χ0v) is 10.5. The van der Waals surface area contributed by atoms with Crippen LogP contribution in [0.25, 0.3) is 0 Å². The van der Waals surface area contributed by atoms with Crippen LogP contribution in [0, 0.1) is 0 Å². The molecule has 1 atom stereocenters. The Labute approximate surface area is 107 Å². The highest BCUT2D eigenvalue weighted by molar-refractivity contribution is 6.05. The molecule has 1 heteroatoms. The van der Waals surface area contributed by atoms with E-state index in [0.29, 0.717) is 0 Å². The number of carbonyl (C=O) groups excluding carboxylic acids is 1. The van der Waals surface area contributed by atoms with Gasteiger partial charge in [-0.25, -0.2) is 0 Å². The number of Topliss-reactive ketones (excluding diaryl/α,β-unsaturated/α-hetero) is 1. The zero-order chi connectivity index (χ0) is 12.5. The number of hydrogen-bond acceptors (Lipinski definition) is 1. The van der Waals surface area contributed by atoms with Gasteiger partial charge in [0.25, 0.3) is 0 Å². The van der Waals surface area contributed by atoms with Gasteiger partial charge < -0.3 is 0 Å². The van der Waals surface area contributed by atoms with E-state index in [1.807, 2.05) is 30.3 Å². The highest BCUT2D eigenvalue weighted by Gasteiger charge is 2.32. The molecule has 2 aromatic carbocycles. The molecule has 0 fully saturated rings. The normalized spacial score (nSPS) is 17.8. The Bertz CT molecular complexity index is 584. The zero-order valence-electron chi connectivity index (χ0n) is 10.5. The van der Waals surface area contributed by atoms with Gasteiger partial charge in [0.1, 0.15) is 0 Å². The quantitative estimate of drug-likeness (QED) is 0.775. The Kier molecular flexibility index (Phi) is 2.75. The van der Waals surface area contributed by atoms with Crippen LogP contribution in [0.15, 0.2) is 48.5 Å². The number of hydrogen-bond donors (Lipinski definition) is 0. The maximum atomic E-state index is 12.5. The van der Waals surface area contributed by atoms with Crippen molar-refractivity contribution >= 4 is 5.78 Å². The second-order valence-corrected chi connectivity index (χ2v) is 4.83. The monoisotopic (exact) mass is 236 g/mol. The molecule has 1 aliphatic rings. The van der Waals surface area contributed by atoms with Gasteiger partial charge in [0.15, 0.2) is 5.78 Å². The van der Waals surface area contributed by atoms with E-state index in [2.05, 4.69) is 25.1 Å². The summed E-state index contributed by atoms with van der Waals surface area (Å²) in [6.45, 7) is 2.15. The molecule has 0 heterocycles. The van der Waals surface area contributed by atoms with Gasteiger partial charge in [-0.3, -0.25) is 4.79 Å². The summed E-state index contributed by atoms with van der Waals surface area (Å²) in [5.74, 6) is 0.306. The minimum absolute atomic E-state index is 0.0221. The Morgan fingerprint density at radius 3 is 2.56 bits per heavy atom. The van der Waals surface area contributed by atoms with Crippen LogP contribution < -0.4 is 0 Å². The van der Waals surface area contributed by atoms with Crippen LogP contribution in [0.4, 0.5) is 0 Å². The third-order valence-corrected chi connectivity index (χ3v) is 3.85. The molecule has 2 aromatic rings. The van der Waals surface area contributed by atoms with E-state index in [9.17, 15) is 4.79 Å². The molecule has 18 heavy (non-hydrogen) atoms. The predicted molar refractivity (Wildman–Crippen MR) is 73.0 cm³/mol. The predicted octanol–water partition coefficient (Wildman–Crippen LogP) is 3.77. The van der Waals surface area contributed by atoms with Gasteiger partial charge in [0, 0.05) is 5.56 Å². The van der Waals surface area contributed by atoms with Crippen molar-refractivity contribution < 1.29 is 4.79 Å². The van der Waals surface area contributed by atoms with Crippen molar-refractivity contribution in [1.82, 2.24) is 0 Å². The van der Waals surface area contributed by atoms with E-state index in [1.165, 1.54) is 11.1 Å². The molecule has 1 nitrogen and oxygen atoms in total. The lowest BCUT2D eigenvalue weighted by atomic mass is 9.95. The first-order valence-electron chi connectivity index (χ1n) is 6.51. The molecule has 90 valence electrons. The molecular weight excluding hydrogens is 220 g/mol. The van der Waals surface area contributed by atoms with Gasteiger partial charge in [0.2, 0.25) is 0 Å².